The molecular weight excluding hydrogens is 457 g/mol. The summed E-state index contributed by atoms with van der Waals surface area (Å²) in [4.78, 5) is 16.2. The van der Waals surface area contributed by atoms with E-state index in [-0.39, 0.29) is 22.0 Å². The highest BCUT2D eigenvalue weighted by atomic mass is 32.2. The fourth-order valence-corrected chi connectivity index (χ4v) is 5.49. The maximum Gasteiger partial charge on any atom is 0.337 e. The number of nitrogens with one attached hydrogen (secondary N) is 1. The van der Waals surface area contributed by atoms with Gasteiger partial charge in [0.05, 0.1) is 16.1 Å². The van der Waals surface area contributed by atoms with E-state index in [1.807, 2.05) is 11.8 Å². The van der Waals surface area contributed by atoms with Gasteiger partial charge in [0, 0.05) is 37.6 Å². The van der Waals surface area contributed by atoms with Crippen molar-refractivity contribution in [1.29, 1.82) is 0 Å². The average Bonchev–Trinajstić information content (AvgIpc) is 2.79. The van der Waals surface area contributed by atoms with E-state index in [1.54, 1.807) is 49.4 Å². The minimum atomic E-state index is -3.87. The fraction of sp³-hybridized carbons (Fsp3) is 0.240. The second-order valence-electron chi connectivity index (χ2n) is 8.36. The zero-order valence-electron chi connectivity index (χ0n) is 19.0. The highest BCUT2D eigenvalue weighted by molar-refractivity contribution is 7.92. The van der Waals surface area contributed by atoms with Gasteiger partial charge in [-0.3, -0.25) is 4.72 Å². The molecular formula is C25H26FN3O4S. The van der Waals surface area contributed by atoms with E-state index in [4.69, 9.17) is 0 Å². The maximum atomic E-state index is 13.2. The highest BCUT2D eigenvalue weighted by Gasteiger charge is 2.23. The van der Waals surface area contributed by atoms with Crippen molar-refractivity contribution < 1.29 is 22.7 Å². The van der Waals surface area contributed by atoms with Gasteiger partial charge in [-0.2, -0.15) is 0 Å². The molecule has 1 heterocycles. The molecule has 7 nitrogen and oxygen atoms in total. The SMILES string of the molecule is Cc1ccc(S(=O)(=O)Nc2ccc(N3CCN(c4ccc(F)cc4)CC3)c(C(=O)O)c2)c(C)c1. The summed E-state index contributed by atoms with van der Waals surface area (Å²) in [5.74, 6) is -1.43. The van der Waals surface area contributed by atoms with E-state index < -0.39 is 16.0 Å². The van der Waals surface area contributed by atoms with Crippen LogP contribution < -0.4 is 14.5 Å². The number of anilines is 3. The molecule has 0 aliphatic carbocycles. The molecule has 1 saturated heterocycles. The zero-order chi connectivity index (χ0) is 24.5. The summed E-state index contributed by atoms with van der Waals surface area (Å²) in [5.41, 5.74) is 3.22. The largest absolute Gasteiger partial charge is 0.478 e. The Hall–Kier alpha value is -3.59. The number of carboxylic acid groups (broad SMARTS) is 1. The summed E-state index contributed by atoms with van der Waals surface area (Å²) < 4.78 is 41.5. The summed E-state index contributed by atoms with van der Waals surface area (Å²) in [6.45, 7) is 6.04. The normalized spacial score (nSPS) is 14.2. The summed E-state index contributed by atoms with van der Waals surface area (Å²) >= 11 is 0. The Morgan fingerprint density at radius 1 is 0.912 bits per heavy atom. The van der Waals surface area contributed by atoms with Crippen LogP contribution in [0.3, 0.4) is 0 Å². The van der Waals surface area contributed by atoms with Crippen LogP contribution in [0.25, 0.3) is 0 Å². The number of halogens is 1. The van der Waals surface area contributed by atoms with Gasteiger partial charge < -0.3 is 14.9 Å². The Kier molecular flexibility index (Phi) is 6.47. The van der Waals surface area contributed by atoms with E-state index in [1.165, 1.54) is 18.2 Å². The predicted molar refractivity (Wildman–Crippen MR) is 131 cm³/mol. The van der Waals surface area contributed by atoms with Crippen molar-refractivity contribution in [1.82, 2.24) is 0 Å². The van der Waals surface area contributed by atoms with Crippen LogP contribution in [-0.4, -0.2) is 45.7 Å². The van der Waals surface area contributed by atoms with E-state index in [9.17, 15) is 22.7 Å². The number of hydrogen-bond acceptors (Lipinski definition) is 5. The molecule has 0 spiro atoms. The van der Waals surface area contributed by atoms with Gasteiger partial charge in [-0.1, -0.05) is 17.7 Å². The topological polar surface area (TPSA) is 90.0 Å². The highest BCUT2D eigenvalue weighted by Crippen LogP contribution is 2.28. The Bertz CT molecular complexity index is 1320. The molecule has 0 aromatic heterocycles. The third-order valence-electron chi connectivity index (χ3n) is 5.91. The molecule has 0 saturated carbocycles. The number of piperazine rings is 1. The van der Waals surface area contributed by atoms with Gasteiger partial charge in [0.1, 0.15) is 5.82 Å². The molecule has 3 aromatic rings. The third kappa shape index (κ3) is 4.99. The number of nitrogens with zero attached hydrogens (tertiary/aromatic N) is 2. The summed E-state index contributed by atoms with van der Waals surface area (Å²) in [5, 5.41) is 9.82. The maximum absolute atomic E-state index is 13.2. The van der Waals surface area contributed by atoms with Crippen LogP contribution in [0, 0.1) is 19.7 Å². The average molecular weight is 484 g/mol. The van der Waals surface area contributed by atoms with Crippen LogP contribution in [0.4, 0.5) is 21.5 Å². The number of rotatable bonds is 6. The molecule has 0 unspecified atom stereocenters. The Morgan fingerprint density at radius 2 is 1.56 bits per heavy atom. The number of carbonyl (C=O) groups is 1. The molecule has 0 amide bonds. The van der Waals surface area contributed by atoms with Gasteiger partial charge in [0.2, 0.25) is 0 Å². The molecule has 0 bridgehead atoms. The molecule has 34 heavy (non-hydrogen) atoms. The number of hydrogen-bond donors (Lipinski definition) is 2. The lowest BCUT2D eigenvalue weighted by molar-refractivity contribution is 0.0697. The molecule has 1 aliphatic rings. The number of benzene rings is 3. The minimum absolute atomic E-state index is 0.0241. The first-order valence-corrected chi connectivity index (χ1v) is 12.4. The van der Waals surface area contributed by atoms with Gasteiger partial charge in [-0.25, -0.2) is 17.6 Å². The van der Waals surface area contributed by atoms with Crippen LogP contribution in [0.2, 0.25) is 0 Å². The van der Waals surface area contributed by atoms with Crippen molar-refractivity contribution in [3.05, 3.63) is 83.2 Å². The molecule has 0 radical (unpaired) electrons. The minimum Gasteiger partial charge on any atom is -0.478 e. The van der Waals surface area contributed by atoms with Gasteiger partial charge in [0.15, 0.2) is 0 Å². The van der Waals surface area contributed by atoms with Crippen LogP contribution in [0.15, 0.2) is 65.6 Å². The first-order chi connectivity index (χ1) is 16.1. The lowest BCUT2D eigenvalue weighted by atomic mass is 10.1. The second kappa shape index (κ2) is 9.34. The monoisotopic (exact) mass is 483 g/mol. The fourth-order valence-electron chi connectivity index (χ4n) is 4.22. The molecule has 2 N–H and O–H groups in total. The van der Waals surface area contributed by atoms with Crippen molar-refractivity contribution >= 4 is 33.1 Å². The van der Waals surface area contributed by atoms with Crippen LogP contribution in [-0.2, 0) is 10.0 Å². The lowest BCUT2D eigenvalue weighted by Gasteiger charge is -2.38. The van der Waals surface area contributed by atoms with Crippen molar-refractivity contribution in [3.8, 4) is 0 Å². The second-order valence-corrected chi connectivity index (χ2v) is 10.0. The standard InChI is InChI=1S/C25H26FN3O4S/c1-17-3-10-24(18(2)15-17)34(32,33)27-20-6-9-23(22(16-20)25(30)31)29-13-11-28(12-14-29)21-7-4-19(26)5-8-21/h3-10,15-16,27H,11-14H2,1-2H3,(H,30,31). The molecule has 9 heteroatoms. The van der Waals surface area contributed by atoms with Crippen LogP contribution in [0.5, 0.6) is 0 Å². The molecule has 1 aliphatic heterocycles. The van der Waals surface area contributed by atoms with Crippen molar-refractivity contribution in [3.63, 3.8) is 0 Å². The molecule has 4 rings (SSSR count). The lowest BCUT2D eigenvalue weighted by Crippen LogP contribution is -2.47. The van der Waals surface area contributed by atoms with Crippen LogP contribution >= 0.6 is 0 Å². The molecule has 0 atom stereocenters. The first kappa shape index (κ1) is 23.6. The first-order valence-electron chi connectivity index (χ1n) is 10.9. The predicted octanol–water partition coefficient (Wildman–Crippen LogP) is 4.27. The van der Waals surface area contributed by atoms with E-state index in [2.05, 4.69) is 9.62 Å². The quantitative estimate of drug-likeness (QED) is 0.544. The third-order valence-corrected chi connectivity index (χ3v) is 7.45. The summed E-state index contributed by atoms with van der Waals surface area (Å²) in [7, 11) is -3.87. The number of aryl methyl sites for hydroxylation is 2. The number of carboxylic acids is 1. The van der Waals surface area contributed by atoms with Crippen LogP contribution in [0.1, 0.15) is 21.5 Å². The van der Waals surface area contributed by atoms with Gasteiger partial charge in [-0.15, -0.1) is 0 Å². The summed E-state index contributed by atoms with van der Waals surface area (Å²) in [6, 6.07) is 15.9. The molecule has 1 fully saturated rings. The molecule has 3 aromatic carbocycles. The van der Waals surface area contributed by atoms with Gasteiger partial charge in [-0.05, 0) is 67.9 Å². The molecule has 178 valence electrons. The van der Waals surface area contributed by atoms with Crippen molar-refractivity contribution in [2.24, 2.45) is 0 Å². The summed E-state index contributed by atoms with van der Waals surface area (Å²) in [6.07, 6.45) is 0. The number of sulfonamides is 1. The van der Waals surface area contributed by atoms with E-state index in [0.29, 0.717) is 37.4 Å². The van der Waals surface area contributed by atoms with Gasteiger partial charge in [0.25, 0.3) is 10.0 Å². The smallest absolute Gasteiger partial charge is 0.337 e. The van der Waals surface area contributed by atoms with Crippen molar-refractivity contribution in [2.45, 2.75) is 18.7 Å². The van der Waals surface area contributed by atoms with E-state index in [0.717, 1.165) is 11.3 Å². The Morgan fingerprint density at radius 3 is 2.18 bits per heavy atom. The Balaban J connectivity index is 1.53. The zero-order valence-corrected chi connectivity index (χ0v) is 19.8. The van der Waals surface area contributed by atoms with Crippen molar-refractivity contribution in [2.75, 3.05) is 40.7 Å². The Labute approximate surface area is 198 Å². The number of aromatic carboxylic acids is 1. The van der Waals surface area contributed by atoms with Gasteiger partial charge >= 0.3 is 5.97 Å². The van der Waals surface area contributed by atoms with E-state index >= 15 is 0 Å².